The lowest BCUT2D eigenvalue weighted by Gasteiger charge is -2.12. The molecule has 0 unspecified atom stereocenters. The fraction of sp³-hybridized carbons (Fsp3) is 0.412. The average Bonchev–Trinajstić information content (AvgIpc) is 3.08. The molecule has 1 heterocycles. The number of ether oxygens (including phenoxy) is 1. The summed E-state index contributed by atoms with van der Waals surface area (Å²) in [5, 5.41) is 7.47. The van der Waals surface area contributed by atoms with E-state index in [1.165, 1.54) is 12.1 Å². The minimum atomic E-state index is -4.42. The number of rotatable bonds is 8. The number of hydrogen-bond donors (Lipinski definition) is 2. The SMILES string of the molecule is CCNC(=NCCc1nc(C(F)(F)F)cs1)NCCOc1cccc(F)c1.I. The van der Waals surface area contributed by atoms with E-state index >= 15 is 0 Å². The van der Waals surface area contributed by atoms with Crippen LogP contribution in [0.2, 0.25) is 0 Å². The van der Waals surface area contributed by atoms with Crippen molar-refractivity contribution in [3.05, 3.63) is 46.2 Å². The summed E-state index contributed by atoms with van der Waals surface area (Å²) in [4.78, 5) is 7.88. The second kappa shape index (κ2) is 12.0. The van der Waals surface area contributed by atoms with E-state index in [-0.39, 0.29) is 29.8 Å². The Morgan fingerprint density at radius 3 is 2.71 bits per heavy atom. The number of halogens is 5. The molecule has 1 aromatic heterocycles. The lowest BCUT2D eigenvalue weighted by atomic mass is 10.3. The second-order valence-electron chi connectivity index (χ2n) is 5.37. The molecule has 0 saturated heterocycles. The Morgan fingerprint density at radius 2 is 2.07 bits per heavy atom. The van der Waals surface area contributed by atoms with Gasteiger partial charge in [0.05, 0.1) is 11.6 Å². The molecule has 0 aliphatic rings. The molecule has 2 N–H and O–H groups in total. The van der Waals surface area contributed by atoms with Crippen LogP contribution in [0.4, 0.5) is 17.6 Å². The van der Waals surface area contributed by atoms with Gasteiger partial charge in [-0.05, 0) is 19.1 Å². The lowest BCUT2D eigenvalue weighted by molar-refractivity contribution is -0.140. The van der Waals surface area contributed by atoms with Crippen molar-refractivity contribution in [3.8, 4) is 5.75 Å². The van der Waals surface area contributed by atoms with Gasteiger partial charge in [0, 0.05) is 31.0 Å². The van der Waals surface area contributed by atoms with Gasteiger partial charge in [0.1, 0.15) is 18.2 Å². The van der Waals surface area contributed by atoms with E-state index in [4.69, 9.17) is 4.74 Å². The zero-order chi connectivity index (χ0) is 19.7. The highest BCUT2D eigenvalue weighted by Crippen LogP contribution is 2.30. The molecule has 5 nitrogen and oxygen atoms in total. The molecule has 2 rings (SSSR count). The van der Waals surface area contributed by atoms with Gasteiger partial charge in [-0.15, -0.1) is 35.3 Å². The van der Waals surface area contributed by atoms with Crippen molar-refractivity contribution in [2.75, 3.05) is 26.2 Å². The number of nitrogens with zero attached hydrogens (tertiary/aromatic N) is 2. The molecule has 0 spiro atoms. The Bertz CT molecular complexity index is 755. The normalized spacial score (nSPS) is 11.7. The van der Waals surface area contributed by atoms with E-state index in [1.54, 1.807) is 12.1 Å². The zero-order valence-corrected chi connectivity index (χ0v) is 18.2. The van der Waals surface area contributed by atoms with Gasteiger partial charge in [-0.2, -0.15) is 13.2 Å². The summed E-state index contributed by atoms with van der Waals surface area (Å²) in [6.07, 6.45) is -4.10. The number of benzene rings is 1. The minimum absolute atomic E-state index is 0. The predicted molar refractivity (Wildman–Crippen MR) is 112 cm³/mol. The number of nitrogens with one attached hydrogen (secondary N) is 2. The summed E-state index contributed by atoms with van der Waals surface area (Å²) >= 11 is 0.970. The first-order valence-electron chi connectivity index (χ1n) is 8.30. The molecule has 0 fully saturated rings. The molecule has 0 amide bonds. The number of hydrogen-bond acceptors (Lipinski definition) is 4. The average molecular weight is 532 g/mol. The highest BCUT2D eigenvalue weighted by molar-refractivity contribution is 14.0. The van der Waals surface area contributed by atoms with Crippen molar-refractivity contribution in [3.63, 3.8) is 0 Å². The molecule has 0 aliphatic carbocycles. The van der Waals surface area contributed by atoms with Gasteiger partial charge in [0.15, 0.2) is 11.7 Å². The first kappa shape index (κ1) is 24.4. The van der Waals surface area contributed by atoms with Gasteiger partial charge in [0.2, 0.25) is 0 Å². The second-order valence-corrected chi connectivity index (χ2v) is 6.31. The molecule has 1 aromatic carbocycles. The molecule has 0 radical (unpaired) electrons. The van der Waals surface area contributed by atoms with Crippen molar-refractivity contribution in [1.29, 1.82) is 0 Å². The molecule has 2 aromatic rings. The standard InChI is InChI=1S/C17H20F4N4OS.HI/c1-2-22-16(24-8-9-26-13-5-3-4-12(18)10-13)23-7-6-15-25-14(11-27-15)17(19,20)21;/h3-5,10-11H,2,6-9H2,1H3,(H2,22,23,24);1H. The molecule has 156 valence electrons. The predicted octanol–water partition coefficient (Wildman–Crippen LogP) is 4.10. The maximum Gasteiger partial charge on any atom is 0.434 e. The van der Waals surface area contributed by atoms with Crippen molar-refractivity contribution < 1.29 is 22.3 Å². The van der Waals surface area contributed by atoms with E-state index in [2.05, 4.69) is 20.6 Å². The first-order valence-corrected chi connectivity index (χ1v) is 9.18. The molecule has 0 aliphatic heterocycles. The Hall–Kier alpha value is -1.63. The quantitative estimate of drug-likeness (QED) is 0.177. The van der Waals surface area contributed by atoms with Crippen molar-refractivity contribution in [2.24, 2.45) is 4.99 Å². The smallest absolute Gasteiger partial charge is 0.434 e. The summed E-state index contributed by atoms with van der Waals surface area (Å²) in [6.45, 7) is 3.56. The number of alkyl halides is 3. The van der Waals surface area contributed by atoms with E-state index < -0.39 is 11.9 Å². The molecule has 0 saturated carbocycles. The Balaban J connectivity index is 0.00000392. The third kappa shape index (κ3) is 8.59. The Morgan fingerprint density at radius 1 is 1.29 bits per heavy atom. The summed E-state index contributed by atoms with van der Waals surface area (Å²) in [5.74, 6) is 0.585. The van der Waals surface area contributed by atoms with Crippen LogP contribution < -0.4 is 15.4 Å². The molecular formula is C17H21F4IN4OS. The topological polar surface area (TPSA) is 58.5 Å². The van der Waals surface area contributed by atoms with E-state index in [0.717, 1.165) is 16.7 Å². The van der Waals surface area contributed by atoms with Crippen LogP contribution in [-0.2, 0) is 12.6 Å². The van der Waals surface area contributed by atoms with Crippen LogP contribution in [0.5, 0.6) is 5.75 Å². The van der Waals surface area contributed by atoms with Crippen LogP contribution in [0.25, 0.3) is 0 Å². The van der Waals surface area contributed by atoms with Crippen molar-refractivity contribution >= 4 is 41.3 Å². The molecule has 0 bridgehead atoms. The Labute approximate surface area is 181 Å². The molecule has 28 heavy (non-hydrogen) atoms. The van der Waals surface area contributed by atoms with Crippen LogP contribution in [0.15, 0.2) is 34.6 Å². The molecular weight excluding hydrogens is 511 g/mol. The summed E-state index contributed by atoms with van der Waals surface area (Å²) in [5.41, 5.74) is -0.869. The van der Waals surface area contributed by atoms with E-state index in [9.17, 15) is 17.6 Å². The maximum absolute atomic E-state index is 13.1. The van der Waals surface area contributed by atoms with Crippen LogP contribution in [0, 0.1) is 5.82 Å². The number of guanidine groups is 1. The number of thiazole rings is 1. The van der Waals surface area contributed by atoms with E-state index in [1.807, 2.05) is 6.92 Å². The van der Waals surface area contributed by atoms with Crippen LogP contribution in [0.1, 0.15) is 17.6 Å². The van der Waals surface area contributed by atoms with Gasteiger partial charge < -0.3 is 15.4 Å². The zero-order valence-electron chi connectivity index (χ0n) is 15.1. The molecule has 11 heteroatoms. The van der Waals surface area contributed by atoms with Crippen LogP contribution in [0.3, 0.4) is 0 Å². The monoisotopic (exact) mass is 532 g/mol. The van der Waals surface area contributed by atoms with Gasteiger partial charge in [0.25, 0.3) is 0 Å². The van der Waals surface area contributed by atoms with Crippen LogP contribution in [-0.4, -0.2) is 37.2 Å². The molecule has 0 atom stereocenters. The highest BCUT2D eigenvalue weighted by atomic mass is 127. The van der Waals surface area contributed by atoms with E-state index in [0.29, 0.717) is 49.4 Å². The first-order chi connectivity index (χ1) is 12.9. The summed E-state index contributed by atoms with van der Waals surface area (Å²) in [7, 11) is 0. The largest absolute Gasteiger partial charge is 0.492 e. The van der Waals surface area contributed by atoms with Gasteiger partial charge in [-0.1, -0.05) is 6.07 Å². The third-order valence-corrected chi connectivity index (χ3v) is 4.15. The van der Waals surface area contributed by atoms with Crippen LogP contribution >= 0.6 is 35.3 Å². The van der Waals surface area contributed by atoms with Crippen molar-refractivity contribution in [1.82, 2.24) is 15.6 Å². The number of aliphatic imine (C=N–C) groups is 1. The third-order valence-electron chi connectivity index (χ3n) is 3.24. The van der Waals surface area contributed by atoms with Gasteiger partial charge in [-0.3, -0.25) is 4.99 Å². The summed E-state index contributed by atoms with van der Waals surface area (Å²) in [6, 6.07) is 5.85. The fourth-order valence-electron chi connectivity index (χ4n) is 2.06. The Kier molecular flexibility index (Phi) is 10.5. The lowest BCUT2D eigenvalue weighted by Crippen LogP contribution is -2.39. The highest BCUT2D eigenvalue weighted by Gasteiger charge is 2.33. The van der Waals surface area contributed by atoms with Crippen molar-refractivity contribution in [2.45, 2.75) is 19.5 Å². The maximum atomic E-state index is 13.1. The summed E-state index contributed by atoms with van der Waals surface area (Å²) < 4.78 is 56.1. The minimum Gasteiger partial charge on any atom is -0.492 e. The fourth-order valence-corrected chi connectivity index (χ4v) is 2.85. The number of aromatic nitrogens is 1. The van der Waals surface area contributed by atoms with Gasteiger partial charge in [-0.25, -0.2) is 9.37 Å². The van der Waals surface area contributed by atoms with Gasteiger partial charge >= 0.3 is 6.18 Å².